The Morgan fingerprint density at radius 2 is 2.18 bits per heavy atom. The number of halogens is 3. The molecule has 0 spiro atoms. The Kier molecular flexibility index (Phi) is 2.67. The van der Waals surface area contributed by atoms with Crippen LogP contribution in [0.1, 0.15) is 18.4 Å². The van der Waals surface area contributed by atoms with Crippen molar-refractivity contribution in [1.29, 1.82) is 0 Å². The molecule has 0 unspecified atom stereocenters. The molecular formula is C12H10BrF2NO. The molecule has 1 heterocycles. The number of nitrogens with one attached hydrogen (secondary N) is 1. The molecule has 1 saturated carbocycles. The van der Waals surface area contributed by atoms with Crippen LogP contribution in [0.3, 0.4) is 0 Å². The summed E-state index contributed by atoms with van der Waals surface area (Å²) in [5, 5.41) is 3.92. The minimum absolute atomic E-state index is 0.0236. The molecule has 17 heavy (non-hydrogen) atoms. The van der Waals surface area contributed by atoms with E-state index in [2.05, 4.69) is 21.2 Å². The van der Waals surface area contributed by atoms with Crippen molar-refractivity contribution in [3.63, 3.8) is 0 Å². The summed E-state index contributed by atoms with van der Waals surface area (Å²) in [7, 11) is 0. The van der Waals surface area contributed by atoms with Gasteiger partial charge in [-0.3, -0.25) is 0 Å². The number of rotatable bonds is 3. The molecule has 2 nitrogen and oxygen atoms in total. The monoisotopic (exact) mass is 301 g/mol. The van der Waals surface area contributed by atoms with E-state index < -0.39 is 11.6 Å². The lowest BCUT2D eigenvalue weighted by Gasteiger charge is -2.02. The van der Waals surface area contributed by atoms with Gasteiger partial charge in [-0.25, -0.2) is 4.39 Å². The molecule has 90 valence electrons. The maximum absolute atomic E-state index is 13.5. The van der Waals surface area contributed by atoms with E-state index in [9.17, 15) is 8.78 Å². The predicted molar refractivity (Wildman–Crippen MR) is 63.7 cm³/mol. The zero-order chi connectivity index (χ0) is 12.0. The van der Waals surface area contributed by atoms with Crippen LogP contribution in [0.4, 0.5) is 8.78 Å². The van der Waals surface area contributed by atoms with E-state index in [4.69, 9.17) is 4.42 Å². The van der Waals surface area contributed by atoms with Crippen molar-refractivity contribution in [2.24, 2.45) is 0 Å². The largest absolute Gasteiger partial charge is 0.461 e. The van der Waals surface area contributed by atoms with Crippen LogP contribution < -0.4 is 5.32 Å². The maximum Gasteiger partial charge on any atom is 0.201 e. The normalized spacial score (nSPS) is 15.7. The summed E-state index contributed by atoms with van der Waals surface area (Å²) in [4.78, 5) is 0. The van der Waals surface area contributed by atoms with Crippen molar-refractivity contribution < 1.29 is 13.2 Å². The van der Waals surface area contributed by atoms with Crippen LogP contribution in [0.15, 0.2) is 21.2 Å². The molecule has 0 atom stereocenters. The molecule has 1 aliphatic rings. The molecule has 0 aliphatic heterocycles. The van der Waals surface area contributed by atoms with Crippen molar-refractivity contribution in [1.82, 2.24) is 5.32 Å². The molecule has 0 saturated heterocycles. The van der Waals surface area contributed by atoms with E-state index in [1.165, 1.54) is 19.1 Å². The predicted octanol–water partition coefficient (Wildman–Crippen LogP) is 3.73. The zero-order valence-electron chi connectivity index (χ0n) is 8.90. The fourth-order valence-electron chi connectivity index (χ4n) is 1.84. The molecule has 0 bridgehead atoms. The van der Waals surface area contributed by atoms with Gasteiger partial charge in [0.25, 0.3) is 0 Å². The quantitative estimate of drug-likeness (QED) is 0.874. The number of furan rings is 1. The first kappa shape index (κ1) is 11.2. The van der Waals surface area contributed by atoms with Gasteiger partial charge in [-0.05, 0) is 34.8 Å². The van der Waals surface area contributed by atoms with E-state index in [1.807, 2.05) is 0 Å². The van der Waals surface area contributed by atoms with E-state index >= 15 is 0 Å². The van der Waals surface area contributed by atoms with E-state index in [0.29, 0.717) is 22.4 Å². The Labute approximate surface area is 105 Å². The smallest absolute Gasteiger partial charge is 0.201 e. The second-order valence-electron chi connectivity index (χ2n) is 4.27. The molecule has 3 rings (SSSR count). The van der Waals surface area contributed by atoms with Crippen molar-refractivity contribution in [2.45, 2.75) is 25.4 Å². The van der Waals surface area contributed by atoms with E-state index in [1.54, 1.807) is 0 Å². The van der Waals surface area contributed by atoms with Gasteiger partial charge in [-0.2, -0.15) is 4.39 Å². The molecule has 1 aromatic heterocycles. The van der Waals surface area contributed by atoms with Gasteiger partial charge in [0.15, 0.2) is 11.4 Å². The fourth-order valence-corrected chi connectivity index (χ4v) is 2.48. The first-order valence-electron chi connectivity index (χ1n) is 5.44. The molecule has 5 heteroatoms. The van der Waals surface area contributed by atoms with Gasteiger partial charge in [-0.15, -0.1) is 0 Å². The van der Waals surface area contributed by atoms with Gasteiger partial charge < -0.3 is 9.73 Å². The van der Waals surface area contributed by atoms with Gasteiger partial charge in [0.1, 0.15) is 0 Å². The van der Waals surface area contributed by atoms with Crippen LogP contribution in [-0.4, -0.2) is 6.04 Å². The topological polar surface area (TPSA) is 25.2 Å². The average molecular weight is 302 g/mol. The first-order chi connectivity index (χ1) is 8.16. The number of hydrogen-bond acceptors (Lipinski definition) is 2. The van der Waals surface area contributed by atoms with Crippen molar-refractivity contribution in [3.05, 3.63) is 34.0 Å². The Bertz CT molecular complexity index is 577. The second kappa shape index (κ2) is 4.07. The minimum atomic E-state index is -0.930. The summed E-state index contributed by atoms with van der Waals surface area (Å²) in [6.07, 6.45) is 3.84. The van der Waals surface area contributed by atoms with Crippen LogP contribution in [0.5, 0.6) is 0 Å². The summed E-state index contributed by atoms with van der Waals surface area (Å²) in [5.74, 6) is -1.83. The van der Waals surface area contributed by atoms with Crippen LogP contribution in [-0.2, 0) is 6.54 Å². The lowest BCUT2D eigenvalue weighted by molar-refractivity contribution is 0.490. The molecule has 1 aromatic carbocycles. The Morgan fingerprint density at radius 1 is 1.41 bits per heavy atom. The first-order valence-corrected chi connectivity index (χ1v) is 6.23. The van der Waals surface area contributed by atoms with Gasteiger partial charge in [-0.1, -0.05) is 0 Å². The van der Waals surface area contributed by atoms with Crippen LogP contribution in [0, 0.1) is 11.6 Å². The van der Waals surface area contributed by atoms with Crippen LogP contribution in [0.25, 0.3) is 11.0 Å². The number of hydrogen-bond donors (Lipinski definition) is 1. The van der Waals surface area contributed by atoms with Crippen LogP contribution >= 0.6 is 15.9 Å². The summed E-state index contributed by atoms with van der Waals surface area (Å²) in [5.41, 5.74) is 0.821. The van der Waals surface area contributed by atoms with Crippen molar-refractivity contribution in [2.75, 3.05) is 0 Å². The number of benzene rings is 1. The van der Waals surface area contributed by atoms with Crippen molar-refractivity contribution >= 4 is 26.9 Å². The highest BCUT2D eigenvalue weighted by Crippen LogP contribution is 2.33. The third-order valence-corrected chi connectivity index (χ3v) is 3.55. The Morgan fingerprint density at radius 3 is 2.88 bits per heavy atom. The summed E-state index contributed by atoms with van der Waals surface area (Å²) in [6, 6.07) is 1.69. The SMILES string of the molecule is Fc1cc(Br)c2c(CNC3CC3)coc2c1F. The Balaban J connectivity index is 2.04. The molecule has 0 radical (unpaired) electrons. The van der Waals surface area contributed by atoms with Gasteiger partial charge in [0, 0.05) is 28.0 Å². The van der Waals surface area contributed by atoms with Crippen LogP contribution in [0.2, 0.25) is 0 Å². The summed E-state index contributed by atoms with van der Waals surface area (Å²) in [6.45, 7) is 0.612. The van der Waals surface area contributed by atoms with E-state index in [0.717, 1.165) is 11.6 Å². The van der Waals surface area contributed by atoms with Gasteiger partial charge in [0.2, 0.25) is 5.82 Å². The average Bonchev–Trinajstić information content (AvgIpc) is 3.02. The highest BCUT2D eigenvalue weighted by molar-refractivity contribution is 9.10. The maximum atomic E-state index is 13.5. The minimum Gasteiger partial charge on any atom is -0.461 e. The summed E-state index contributed by atoms with van der Waals surface area (Å²) >= 11 is 3.24. The molecular weight excluding hydrogens is 292 g/mol. The molecule has 1 aliphatic carbocycles. The third kappa shape index (κ3) is 1.98. The van der Waals surface area contributed by atoms with Gasteiger partial charge >= 0.3 is 0 Å². The van der Waals surface area contributed by atoms with E-state index in [-0.39, 0.29) is 5.58 Å². The third-order valence-electron chi connectivity index (χ3n) is 2.93. The standard InChI is InChI=1S/C12H10BrF2NO/c13-8-3-9(14)11(15)12-10(8)6(5-17-12)4-16-7-1-2-7/h3,5,7,16H,1-2,4H2. The molecule has 1 fully saturated rings. The van der Waals surface area contributed by atoms with Gasteiger partial charge in [0.05, 0.1) is 6.26 Å². The number of fused-ring (bicyclic) bond motifs is 1. The molecule has 2 aromatic rings. The fraction of sp³-hybridized carbons (Fsp3) is 0.333. The van der Waals surface area contributed by atoms with Crippen molar-refractivity contribution in [3.8, 4) is 0 Å². The zero-order valence-corrected chi connectivity index (χ0v) is 10.5. The molecule has 0 amide bonds. The Hall–Kier alpha value is -0.940. The molecule has 1 N–H and O–H groups in total. The highest BCUT2D eigenvalue weighted by Gasteiger charge is 2.22. The summed E-state index contributed by atoms with van der Waals surface area (Å²) < 4.78 is 32.3. The lowest BCUT2D eigenvalue weighted by Crippen LogP contribution is -2.14. The lowest BCUT2D eigenvalue weighted by atomic mass is 10.1. The second-order valence-corrected chi connectivity index (χ2v) is 5.13. The highest BCUT2D eigenvalue weighted by atomic mass is 79.9.